The number of aliphatic hydroxyl groups excluding tert-OH is 1. The maximum absolute atomic E-state index is 12.1. The molecule has 6 heteroatoms. The van der Waals surface area contributed by atoms with Crippen LogP contribution in [0.5, 0.6) is 0 Å². The minimum Gasteiger partial charge on any atom is -0.393 e. The van der Waals surface area contributed by atoms with Gasteiger partial charge in [0.1, 0.15) is 0 Å². The van der Waals surface area contributed by atoms with Crippen LogP contribution in [0.1, 0.15) is 92.4 Å². The third-order valence-electron chi connectivity index (χ3n) is 10.4. The summed E-state index contributed by atoms with van der Waals surface area (Å²) in [5, 5.41) is 20.6. The predicted molar refractivity (Wildman–Crippen MR) is 132 cm³/mol. The Kier molecular flexibility index (Phi) is 7.45. The summed E-state index contributed by atoms with van der Waals surface area (Å²) in [7, 11) is 0. The fourth-order valence-corrected chi connectivity index (χ4v) is 8.66. The van der Waals surface area contributed by atoms with Gasteiger partial charge in [-0.25, -0.2) is 4.79 Å². The molecule has 188 valence electrons. The summed E-state index contributed by atoms with van der Waals surface area (Å²) in [5.74, 6) is 3.45. The van der Waals surface area contributed by atoms with Crippen LogP contribution in [-0.2, 0) is 4.84 Å². The van der Waals surface area contributed by atoms with E-state index in [0.29, 0.717) is 29.8 Å². The smallest absolute Gasteiger partial charge is 0.393 e. The lowest BCUT2D eigenvalue weighted by Crippen LogP contribution is -2.54. The lowest BCUT2D eigenvalue weighted by Gasteiger charge is -2.61. The number of nitrogens with zero attached hydrogens (tertiary/aromatic N) is 1. The van der Waals surface area contributed by atoms with E-state index in [1.807, 2.05) is 0 Å². The largest absolute Gasteiger partial charge is 0.433 e. The first kappa shape index (κ1) is 25.0. The molecule has 4 saturated carbocycles. The first-order valence-electron chi connectivity index (χ1n) is 13.6. The van der Waals surface area contributed by atoms with Gasteiger partial charge in [-0.05, 0) is 99.2 Å². The Hall–Kier alpha value is -1.14. The molecule has 33 heavy (non-hydrogen) atoms. The maximum atomic E-state index is 12.1. The summed E-state index contributed by atoms with van der Waals surface area (Å²) in [4.78, 5) is 17.3. The number of hydrogen-bond acceptors (Lipinski definition) is 5. The molecule has 4 fully saturated rings. The summed E-state index contributed by atoms with van der Waals surface area (Å²) in [6.07, 6.45) is 10.2. The van der Waals surface area contributed by atoms with Crippen molar-refractivity contribution in [3.05, 3.63) is 0 Å². The van der Waals surface area contributed by atoms with E-state index >= 15 is 0 Å². The molecule has 0 spiro atoms. The topological polar surface area (TPSA) is 83.0 Å². The molecule has 4 aliphatic rings. The van der Waals surface area contributed by atoms with Crippen LogP contribution < -0.4 is 10.6 Å². The lowest BCUT2D eigenvalue weighted by molar-refractivity contribution is -0.123. The molecule has 0 aliphatic heterocycles. The van der Waals surface area contributed by atoms with Crippen molar-refractivity contribution in [1.29, 1.82) is 0 Å². The molecule has 4 rings (SSSR count). The molecule has 0 aromatic heterocycles. The van der Waals surface area contributed by atoms with E-state index in [9.17, 15) is 9.90 Å². The van der Waals surface area contributed by atoms with Crippen LogP contribution in [0.2, 0.25) is 0 Å². The Morgan fingerprint density at radius 1 is 1.03 bits per heavy atom. The Labute approximate surface area is 200 Å². The van der Waals surface area contributed by atoms with Crippen molar-refractivity contribution < 1.29 is 14.7 Å². The second-order valence-electron chi connectivity index (χ2n) is 12.4. The molecule has 0 unspecified atom stereocenters. The van der Waals surface area contributed by atoms with Crippen LogP contribution in [0, 0.1) is 40.4 Å². The standard InChI is InChI=1S/C27H47N3O3/c1-17(2)28-14-15-29-25(32)33-30-18(3)22-8-9-23-21-7-6-19-16-20(31)10-12-26(19,4)24(21)11-13-27(22,23)5/h17,19-24,28,31H,6-16H2,1-5H3,(H,29,32)/b30-18+/t19-,20+,21+,22-,23+,24+,26+,27-/m1/s1. The molecule has 3 N–H and O–H groups in total. The molecular formula is C27H47N3O3. The van der Waals surface area contributed by atoms with Crippen LogP contribution in [0.4, 0.5) is 4.79 Å². The number of amides is 1. The van der Waals surface area contributed by atoms with Crippen molar-refractivity contribution in [3.63, 3.8) is 0 Å². The van der Waals surface area contributed by atoms with Crippen LogP contribution in [0.25, 0.3) is 0 Å². The van der Waals surface area contributed by atoms with E-state index in [0.717, 1.165) is 49.3 Å². The molecule has 8 atom stereocenters. The van der Waals surface area contributed by atoms with Crippen molar-refractivity contribution >= 4 is 11.8 Å². The molecule has 6 nitrogen and oxygen atoms in total. The molecule has 0 heterocycles. The van der Waals surface area contributed by atoms with Gasteiger partial charge in [0, 0.05) is 25.0 Å². The number of oxime groups is 1. The van der Waals surface area contributed by atoms with Crippen LogP contribution in [0.15, 0.2) is 5.16 Å². The van der Waals surface area contributed by atoms with E-state index in [-0.39, 0.29) is 11.5 Å². The molecule has 1 amide bonds. The van der Waals surface area contributed by atoms with Crippen molar-refractivity contribution in [2.75, 3.05) is 13.1 Å². The highest BCUT2D eigenvalue weighted by atomic mass is 16.7. The van der Waals surface area contributed by atoms with E-state index in [4.69, 9.17) is 4.84 Å². The van der Waals surface area contributed by atoms with Crippen LogP contribution >= 0.6 is 0 Å². The quantitative estimate of drug-likeness (QED) is 0.222. The molecule has 0 radical (unpaired) electrons. The van der Waals surface area contributed by atoms with Gasteiger partial charge in [-0.15, -0.1) is 0 Å². The highest BCUT2D eigenvalue weighted by Gasteiger charge is 2.60. The normalized spacial score (nSPS) is 42.9. The van der Waals surface area contributed by atoms with Crippen molar-refractivity contribution in [3.8, 4) is 0 Å². The first-order valence-corrected chi connectivity index (χ1v) is 13.6. The summed E-state index contributed by atoms with van der Waals surface area (Å²) in [6, 6.07) is 0.400. The average Bonchev–Trinajstić information content (AvgIpc) is 3.12. The predicted octanol–water partition coefficient (Wildman–Crippen LogP) is 5.11. The van der Waals surface area contributed by atoms with Gasteiger partial charge in [0.2, 0.25) is 0 Å². The molecule has 0 aromatic rings. The van der Waals surface area contributed by atoms with Gasteiger partial charge in [-0.2, -0.15) is 0 Å². The zero-order chi connectivity index (χ0) is 23.8. The van der Waals surface area contributed by atoms with Crippen molar-refractivity contribution in [1.82, 2.24) is 10.6 Å². The van der Waals surface area contributed by atoms with Crippen LogP contribution in [0.3, 0.4) is 0 Å². The number of rotatable bonds is 6. The van der Waals surface area contributed by atoms with Gasteiger partial charge >= 0.3 is 6.09 Å². The fourth-order valence-electron chi connectivity index (χ4n) is 8.66. The molecule has 4 aliphatic carbocycles. The molecular weight excluding hydrogens is 414 g/mol. The Balaban J connectivity index is 1.37. The highest BCUT2D eigenvalue weighted by Crippen LogP contribution is 2.67. The van der Waals surface area contributed by atoms with Gasteiger partial charge in [-0.3, -0.25) is 4.84 Å². The Morgan fingerprint density at radius 2 is 1.76 bits per heavy atom. The third-order valence-corrected chi connectivity index (χ3v) is 10.4. The van der Waals surface area contributed by atoms with Crippen LogP contribution in [-0.4, -0.2) is 42.1 Å². The molecule has 0 bridgehead atoms. The summed E-state index contributed by atoms with van der Waals surface area (Å²) in [5.41, 5.74) is 1.65. The number of aliphatic hydroxyl groups is 1. The first-order chi connectivity index (χ1) is 15.6. The fraction of sp³-hybridized carbons (Fsp3) is 0.926. The van der Waals surface area contributed by atoms with Gasteiger partial charge < -0.3 is 15.7 Å². The maximum Gasteiger partial charge on any atom is 0.433 e. The number of carbonyl (C=O) groups is 1. The van der Waals surface area contributed by atoms with E-state index in [2.05, 4.69) is 50.4 Å². The number of hydrogen-bond donors (Lipinski definition) is 3. The Bertz CT molecular complexity index is 740. The van der Waals surface area contributed by atoms with Gasteiger partial charge in [0.15, 0.2) is 0 Å². The second-order valence-corrected chi connectivity index (χ2v) is 12.4. The summed E-state index contributed by atoms with van der Waals surface area (Å²) >= 11 is 0. The lowest BCUT2D eigenvalue weighted by atomic mass is 9.44. The SMILES string of the molecule is C/C(=N\OC(=O)NCCNC(C)C)[C@H]1CC[C@H]2[C@@H]3CC[C@@H]4C[C@@H](O)CC[C@]4(C)[C@H]3CC[C@]12C. The second kappa shape index (κ2) is 9.85. The third kappa shape index (κ3) is 4.84. The summed E-state index contributed by atoms with van der Waals surface area (Å²) in [6.45, 7) is 12.5. The van der Waals surface area contributed by atoms with E-state index in [1.165, 1.54) is 38.5 Å². The summed E-state index contributed by atoms with van der Waals surface area (Å²) < 4.78 is 0. The monoisotopic (exact) mass is 461 g/mol. The zero-order valence-electron chi connectivity index (χ0n) is 21.5. The van der Waals surface area contributed by atoms with Crippen molar-refractivity contribution in [2.45, 2.75) is 105 Å². The van der Waals surface area contributed by atoms with Crippen molar-refractivity contribution in [2.24, 2.45) is 45.6 Å². The average molecular weight is 462 g/mol. The zero-order valence-corrected chi connectivity index (χ0v) is 21.5. The van der Waals surface area contributed by atoms with Gasteiger partial charge in [-0.1, -0.05) is 32.9 Å². The molecule has 0 aromatic carbocycles. The number of fused-ring (bicyclic) bond motifs is 5. The van der Waals surface area contributed by atoms with E-state index in [1.54, 1.807) is 0 Å². The van der Waals surface area contributed by atoms with Gasteiger partial charge in [0.25, 0.3) is 0 Å². The number of nitrogens with one attached hydrogen (secondary N) is 2. The van der Waals surface area contributed by atoms with Gasteiger partial charge in [0.05, 0.1) is 11.8 Å². The van der Waals surface area contributed by atoms with E-state index < -0.39 is 6.09 Å². The minimum absolute atomic E-state index is 0.0770. The highest BCUT2D eigenvalue weighted by molar-refractivity contribution is 5.85. The number of carbonyl (C=O) groups excluding carboxylic acids is 1. The molecule has 0 saturated heterocycles. The Morgan fingerprint density at radius 3 is 2.52 bits per heavy atom. The minimum atomic E-state index is -0.464.